The molecule has 2 heterocycles. The normalized spacial score (nSPS) is 27.1. The fourth-order valence-corrected chi connectivity index (χ4v) is 3.58. The van der Waals surface area contributed by atoms with Crippen molar-refractivity contribution in [1.82, 2.24) is 15.2 Å². The van der Waals surface area contributed by atoms with Crippen LogP contribution in [0.2, 0.25) is 0 Å². The first-order valence-electron chi connectivity index (χ1n) is 7.94. The quantitative estimate of drug-likeness (QED) is 0.938. The second-order valence-electron chi connectivity index (χ2n) is 6.25. The predicted molar refractivity (Wildman–Crippen MR) is 88.2 cm³/mol. The first-order chi connectivity index (χ1) is 10.2. The van der Waals surface area contributed by atoms with E-state index in [9.17, 15) is 0 Å². The van der Waals surface area contributed by atoms with Crippen molar-refractivity contribution >= 4 is 10.9 Å². The molecule has 1 aromatic carbocycles. The van der Waals surface area contributed by atoms with Crippen molar-refractivity contribution in [3.8, 4) is 0 Å². The minimum atomic E-state index is 0.593. The van der Waals surface area contributed by atoms with Gasteiger partial charge in [-0.25, -0.2) is 0 Å². The van der Waals surface area contributed by atoms with Crippen LogP contribution < -0.4 is 5.32 Å². The van der Waals surface area contributed by atoms with Gasteiger partial charge in [0.25, 0.3) is 0 Å². The van der Waals surface area contributed by atoms with Crippen LogP contribution in [0.1, 0.15) is 25.8 Å². The van der Waals surface area contributed by atoms with Crippen molar-refractivity contribution in [2.24, 2.45) is 5.92 Å². The zero-order chi connectivity index (χ0) is 14.8. The maximum Gasteiger partial charge on any atom is 0.0746 e. The van der Waals surface area contributed by atoms with Gasteiger partial charge < -0.3 is 5.32 Å². The molecule has 1 fully saturated rings. The Kier molecular flexibility index (Phi) is 4.22. The summed E-state index contributed by atoms with van der Waals surface area (Å²) in [6, 6.07) is 11.9. The van der Waals surface area contributed by atoms with Gasteiger partial charge in [-0.2, -0.15) is 0 Å². The van der Waals surface area contributed by atoms with Crippen molar-refractivity contribution in [2.45, 2.75) is 38.9 Å². The third kappa shape index (κ3) is 2.81. The largest absolute Gasteiger partial charge is 0.317 e. The summed E-state index contributed by atoms with van der Waals surface area (Å²) in [5, 5.41) is 4.70. The number of para-hydroxylation sites is 1. The fraction of sp³-hybridized carbons (Fsp3) is 0.500. The maximum absolute atomic E-state index is 4.58. The molecule has 0 spiro atoms. The summed E-state index contributed by atoms with van der Waals surface area (Å²) < 4.78 is 0. The van der Waals surface area contributed by atoms with Gasteiger partial charge in [-0.1, -0.05) is 31.2 Å². The van der Waals surface area contributed by atoms with E-state index in [1.165, 1.54) is 17.4 Å². The van der Waals surface area contributed by atoms with Crippen LogP contribution in [0.4, 0.5) is 0 Å². The van der Waals surface area contributed by atoms with Gasteiger partial charge in [-0.15, -0.1) is 0 Å². The predicted octanol–water partition coefficient (Wildman–Crippen LogP) is 3.05. The summed E-state index contributed by atoms with van der Waals surface area (Å²) in [6.07, 6.45) is 3.12. The molecular formula is C18H25N3. The number of fused-ring (bicyclic) bond motifs is 1. The Labute approximate surface area is 127 Å². The van der Waals surface area contributed by atoms with Gasteiger partial charge in [0.2, 0.25) is 0 Å². The van der Waals surface area contributed by atoms with Gasteiger partial charge in [0.15, 0.2) is 0 Å². The molecule has 1 aromatic heterocycles. The molecule has 21 heavy (non-hydrogen) atoms. The molecule has 3 nitrogen and oxygen atoms in total. The van der Waals surface area contributed by atoms with Crippen molar-refractivity contribution < 1.29 is 0 Å². The second-order valence-corrected chi connectivity index (χ2v) is 6.25. The van der Waals surface area contributed by atoms with Crippen LogP contribution in [0.3, 0.4) is 0 Å². The molecule has 0 bridgehead atoms. The van der Waals surface area contributed by atoms with E-state index < -0.39 is 0 Å². The summed E-state index contributed by atoms with van der Waals surface area (Å²) in [7, 11) is 2.08. The average molecular weight is 283 g/mol. The van der Waals surface area contributed by atoms with Crippen LogP contribution >= 0.6 is 0 Å². The molecule has 0 amide bonds. The minimum Gasteiger partial charge on any atom is -0.317 e. The van der Waals surface area contributed by atoms with Gasteiger partial charge in [0.05, 0.1) is 5.52 Å². The highest BCUT2D eigenvalue weighted by Crippen LogP contribution is 2.26. The summed E-state index contributed by atoms with van der Waals surface area (Å²) >= 11 is 0. The lowest BCUT2D eigenvalue weighted by Crippen LogP contribution is -2.52. The molecule has 2 aromatic rings. The molecule has 1 N–H and O–H groups in total. The van der Waals surface area contributed by atoms with E-state index in [0.29, 0.717) is 18.0 Å². The lowest BCUT2D eigenvalue weighted by molar-refractivity contribution is 0.0814. The van der Waals surface area contributed by atoms with Crippen LogP contribution in [0.5, 0.6) is 0 Å². The third-order valence-corrected chi connectivity index (χ3v) is 5.16. The van der Waals surface area contributed by atoms with Gasteiger partial charge in [-0.3, -0.25) is 9.88 Å². The molecule has 1 aliphatic rings. The molecule has 3 unspecified atom stereocenters. The lowest BCUT2D eigenvalue weighted by atomic mass is 9.87. The van der Waals surface area contributed by atoms with E-state index in [4.69, 9.17) is 0 Å². The summed E-state index contributed by atoms with van der Waals surface area (Å²) in [4.78, 5) is 7.18. The average Bonchev–Trinajstić information content (AvgIpc) is 2.52. The Balaban J connectivity index is 1.83. The van der Waals surface area contributed by atoms with E-state index in [1.807, 2.05) is 12.3 Å². The van der Waals surface area contributed by atoms with E-state index in [-0.39, 0.29) is 0 Å². The van der Waals surface area contributed by atoms with Crippen molar-refractivity contribution in [1.29, 1.82) is 0 Å². The number of hydrogen-bond donors (Lipinski definition) is 1. The molecule has 1 aliphatic heterocycles. The van der Waals surface area contributed by atoms with Gasteiger partial charge in [0, 0.05) is 36.8 Å². The molecule has 0 saturated carbocycles. The molecular weight excluding hydrogens is 258 g/mol. The highest BCUT2D eigenvalue weighted by Gasteiger charge is 2.31. The lowest BCUT2D eigenvalue weighted by Gasteiger charge is -2.42. The highest BCUT2D eigenvalue weighted by atomic mass is 15.2. The van der Waals surface area contributed by atoms with E-state index in [0.717, 1.165) is 18.6 Å². The topological polar surface area (TPSA) is 28.2 Å². The number of rotatable bonds is 3. The zero-order valence-corrected chi connectivity index (χ0v) is 13.2. The highest BCUT2D eigenvalue weighted by molar-refractivity contribution is 5.81. The molecule has 3 heteroatoms. The van der Waals surface area contributed by atoms with Crippen molar-refractivity contribution in [3.05, 3.63) is 42.1 Å². The summed E-state index contributed by atoms with van der Waals surface area (Å²) in [5.41, 5.74) is 2.49. The number of nitrogens with zero attached hydrogens (tertiary/aromatic N) is 2. The fourth-order valence-electron chi connectivity index (χ4n) is 3.58. The Morgan fingerprint density at radius 2 is 2.05 bits per heavy atom. The van der Waals surface area contributed by atoms with Gasteiger partial charge in [0.1, 0.15) is 0 Å². The number of likely N-dealkylation sites (tertiary alicyclic amines) is 1. The monoisotopic (exact) mass is 283 g/mol. The molecule has 3 rings (SSSR count). The molecule has 1 saturated heterocycles. The van der Waals surface area contributed by atoms with Crippen molar-refractivity contribution in [2.75, 3.05) is 13.6 Å². The molecule has 112 valence electrons. The van der Waals surface area contributed by atoms with Crippen molar-refractivity contribution in [3.63, 3.8) is 0 Å². The first-order valence-corrected chi connectivity index (χ1v) is 7.94. The SMILES string of the molecule is CNC1CCN(Cc2cccc3cccnc23)C(C)C1C. The maximum atomic E-state index is 4.58. The summed E-state index contributed by atoms with van der Waals surface area (Å²) in [5.74, 6) is 0.673. The van der Waals surface area contributed by atoms with Crippen LogP contribution in [-0.4, -0.2) is 35.6 Å². The molecule has 0 aliphatic carbocycles. The number of nitrogens with one attached hydrogen (secondary N) is 1. The van der Waals surface area contributed by atoms with E-state index >= 15 is 0 Å². The van der Waals surface area contributed by atoms with E-state index in [1.54, 1.807) is 0 Å². The summed E-state index contributed by atoms with van der Waals surface area (Å²) in [6.45, 7) is 6.86. The Bertz CT molecular complexity index is 605. The van der Waals surface area contributed by atoms with E-state index in [2.05, 4.69) is 60.4 Å². The smallest absolute Gasteiger partial charge is 0.0746 e. The van der Waals surface area contributed by atoms with Crippen LogP contribution in [0.25, 0.3) is 10.9 Å². The molecule has 3 atom stereocenters. The third-order valence-electron chi connectivity index (χ3n) is 5.16. The van der Waals surface area contributed by atoms with Crippen LogP contribution in [-0.2, 0) is 6.54 Å². The number of pyridine rings is 1. The Hall–Kier alpha value is -1.45. The zero-order valence-electron chi connectivity index (χ0n) is 13.2. The first kappa shape index (κ1) is 14.5. The van der Waals surface area contributed by atoms with Gasteiger partial charge in [-0.05, 0) is 37.9 Å². The number of aromatic nitrogens is 1. The standard InChI is InChI=1S/C18H25N3/c1-13-14(2)21(11-9-17(13)19-3)12-16-7-4-6-15-8-5-10-20-18(15)16/h4-8,10,13-14,17,19H,9,11-12H2,1-3H3. The number of piperidine rings is 1. The number of benzene rings is 1. The number of hydrogen-bond acceptors (Lipinski definition) is 3. The van der Waals surface area contributed by atoms with Gasteiger partial charge >= 0.3 is 0 Å². The molecule has 0 radical (unpaired) electrons. The Morgan fingerprint density at radius 1 is 1.24 bits per heavy atom. The minimum absolute atomic E-state index is 0.593. The van der Waals surface area contributed by atoms with Crippen LogP contribution in [0, 0.1) is 5.92 Å². The Morgan fingerprint density at radius 3 is 2.86 bits per heavy atom. The van der Waals surface area contributed by atoms with Crippen LogP contribution in [0.15, 0.2) is 36.5 Å². The second kappa shape index (κ2) is 6.12.